The summed E-state index contributed by atoms with van der Waals surface area (Å²) in [6.45, 7) is 0. The van der Waals surface area contributed by atoms with E-state index in [4.69, 9.17) is 4.74 Å². The Morgan fingerprint density at radius 1 is 1.04 bits per heavy atom. The van der Waals surface area contributed by atoms with Gasteiger partial charge in [0.2, 0.25) is 0 Å². The van der Waals surface area contributed by atoms with Crippen molar-refractivity contribution >= 4 is 16.7 Å². The van der Waals surface area contributed by atoms with Crippen LogP contribution in [-0.4, -0.2) is 17.6 Å². The first kappa shape index (κ1) is 15.6. The van der Waals surface area contributed by atoms with Crippen LogP contribution >= 0.6 is 0 Å². The molecule has 0 bridgehead atoms. The van der Waals surface area contributed by atoms with E-state index in [1.165, 1.54) is 12.7 Å². The molecule has 0 unspecified atom stereocenters. The molecule has 4 heteroatoms. The van der Waals surface area contributed by atoms with Crippen molar-refractivity contribution < 1.29 is 9.53 Å². The molecule has 1 aliphatic carbocycles. The van der Waals surface area contributed by atoms with E-state index in [-0.39, 0.29) is 11.5 Å². The van der Waals surface area contributed by atoms with Crippen LogP contribution in [0.15, 0.2) is 53.3 Å². The molecule has 1 heterocycles. The van der Waals surface area contributed by atoms with Gasteiger partial charge in [0.1, 0.15) is 0 Å². The lowest BCUT2D eigenvalue weighted by Gasteiger charge is -2.17. The first-order valence-electron chi connectivity index (χ1n) is 8.42. The molecule has 0 saturated heterocycles. The molecule has 4 rings (SSSR count). The predicted octanol–water partition coefficient (Wildman–Crippen LogP) is 3.87. The number of rotatable bonds is 3. The van der Waals surface area contributed by atoms with Crippen molar-refractivity contribution in [1.29, 1.82) is 0 Å². The lowest BCUT2D eigenvalue weighted by molar-refractivity contribution is 0.0601. The molecule has 25 heavy (non-hydrogen) atoms. The molecular weight excluding hydrogens is 314 g/mol. The average Bonchev–Trinajstić information content (AvgIpc) is 3.49. The lowest BCUT2D eigenvalue weighted by Crippen LogP contribution is -2.20. The fraction of sp³-hybridized carbons (Fsp3) is 0.238. The lowest BCUT2D eigenvalue weighted by atomic mass is 9.95. The summed E-state index contributed by atoms with van der Waals surface area (Å²) in [6.07, 6.45) is 2.30. The van der Waals surface area contributed by atoms with Gasteiger partial charge >= 0.3 is 5.97 Å². The number of esters is 1. The Hall–Kier alpha value is -2.88. The van der Waals surface area contributed by atoms with Gasteiger partial charge in [0.15, 0.2) is 0 Å². The van der Waals surface area contributed by atoms with E-state index >= 15 is 0 Å². The van der Waals surface area contributed by atoms with Gasteiger partial charge in [0, 0.05) is 12.4 Å². The Balaban J connectivity index is 1.98. The molecule has 0 spiro atoms. The van der Waals surface area contributed by atoms with Gasteiger partial charge in [0.05, 0.1) is 18.4 Å². The van der Waals surface area contributed by atoms with E-state index in [0.717, 1.165) is 34.9 Å². The molecule has 126 valence electrons. The van der Waals surface area contributed by atoms with Crippen LogP contribution in [0.4, 0.5) is 0 Å². The fourth-order valence-electron chi connectivity index (χ4n) is 3.51. The zero-order valence-electron chi connectivity index (χ0n) is 14.3. The smallest absolute Gasteiger partial charge is 0.337 e. The van der Waals surface area contributed by atoms with Gasteiger partial charge in [-0.15, -0.1) is 0 Å². The van der Waals surface area contributed by atoms with Gasteiger partial charge in [-0.1, -0.05) is 30.3 Å². The summed E-state index contributed by atoms with van der Waals surface area (Å²) >= 11 is 0. The van der Waals surface area contributed by atoms with Crippen LogP contribution in [0, 0.1) is 0 Å². The van der Waals surface area contributed by atoms with Crippen LogP contribution in [0.25, 0.3) is 22.0 Å². The van der Waals surface area contributed by atoms with Gasteiger partial charge in [-0.05, 0) is 53.5 Å². The minimum absolute atomic E-state index is 0.00652. The number of ether oxygens (including phenoxy) is 1. The standard InChI is InChI=1S/C21H19NO3/c1-22-19(14-9-11-15(12-10-14)21(24)25-2)18(13-7-8-13)16-5-3-4-6-17(16)20(22)23/h3-6,9-13H,7-8H2,1-2H3. The van der Waals surface area contributed by atoms with Gasteiger partial charge in [-0.2, -0.15) is 0 Å². The van der Waals surface area contributed by atoms with E-state index in [9.17, 15) is 9.59 Å². The number of carbonyl (C=O) groups excluding carboxylic acids is 1. The molecule has 1 aromatic heterocycles. The van der Waals surface area contributed by atoms with Crippen molar-refractivity contribution in [3.05, 3.63) is 70.0 Å². The van der Waals surface area contributed by atoms with Crippen molar-refractivity contribution in [1.82, 2.24) is 4.57 Å². The van der Waals surface area contributed by atoms with Gasteiger partial charge in [-0.3, -0.25) is 4.79 Å². The quantitative estimate of drug-likeness (QED) is 0.684. The Labute approximate surface area is 145 Å². The first-order valence-corrected chi connectivity index (χ1v) is 8.42. The van der Waals surface area contributed by atoms with Gasteiger partial charge in [0.25, 0.3) is 5.56 Å². The summed E-state index contributed by atoms with van der Waals surface area (Å²) in [5, 5.41) is 1.81. The summed E-state index contributed by atoms with van der Waals surface area (Å²) in [7, 11) is 3.19. The number of methoxy groups -OCH3 is 1. The molecule has 0 radical (unpaired) electrons. The third-order valence-electron chi connectivity index (χ3n) is 4.91. The topological polar surface area (TPSA) is 48.3 Å². The summed E-state index contributed by atoms with van der Waals surface area (Å²) in [6, 6.07) is 15.1. The zero-order chi connectivity index (χ0) is 17.6. The van der Waals surface area contributed by atoms with E-state index in [1.807, 2.05) is 43.4 Å². The van der Waals surface area contributed by atoms with Crippen molar-refractivity contribution in [3.8, 4) is 11.3 Å². The van der Waals surface area contributed by atoms with Crippen LogP contribution in [0.5, 0.6) is 0 Å². The minimum Gasteiger partial charge on any atom is -0.465 e. The molecule has 2 aromatic carbocycles. The van der Waals surface area contributed by atoms with Gasteiger partial charge < -0.3 is 9.30 Å². The number of hydrogen-bond donors (Lipinski definition) is 0. The molecule has 0 amide bonds. The maximum Gasteiger partial charge on any atom is 0.337 e. The summed E-state index contributed by atoms with van der Waals surface area (Å²) in [5.41, 5.74) is 3.64. The number of fused-ring (bicyclic) bond motifs is 1. The minimum atomic E-state index is -0.360. The number of hydrogen-bond acceptors (Lipinski definition) is 3. The highest BCUT2D eigenvalue weighted by Gasteiger charge is 2.30. The number of carbonyl (C=O) groups is 1. The molecule has 0 aliphatic heterocycles. The monoisotopic (exact) mass is 333 g/mol. The van der Waals surface area contributed by atoms with Crippen LogP contribution < -0.4 is 5.56 Å². The molecule has 3 aromatic rings. The van der Waals surface area contributed by atoms with Crippen LogP contribution in [-0.2, 0) is 11.8 Å². The normalized spacial score (nSPS) is 13.8. The Bertz CT molecular complexity index is 1030. The van der Waals surface area contributed by atoms with E-state index in [0.29, 0.717) is 11.5 Å². The second-order valence-corrected chi connectivity index (χ2v) is 6.52. The number of nitrogens with zero attached hydrogens (tertiary/aromatic N) is 1. The number of benzene rings is 2. The molecular formula is C21H19NO3. The Kier molecular flexibility index (Phi) is 3.68. The zero-order valence-corrected chi connectivity index (χ0v) is 14.3. The molecule has 4 nitrogen and oxygen atoms in total. The van der Waals surface area contributed by atoms with Crippen LogP contribution in [0.3, 0.4) is 0 Å². The Morgan fingerprint density at radius 3 is 2.28 bits per heavy atom. The molecule has 0 N–H and O–H groups in total. The highest BCUT2D eigenvalue weighted by atomic mass is 16.5. The van der Waals surface area contributed by atoms with E-state index in [1.54, 1.807) is 16.7 Å². The first-order chi connectivity index (χ1) is 12.1. The predicted molar refractivity (Wildman–Crippen MR) is 97.9 cm³/mol. The molecule has 1 aliphatic rings. The summed E-state index contributed by atoms with van der Waals surface area (Å²) < 4.78 is 6.50. The maximum atomic E-state index is 12.8. The second-order valence-electron chi connectivity index (χ2n) is 6.52. The van der Waals surface area contributed by atoms with Crippen LogP contribution in [0.1, 0.15) is 34.7 Å². The SMILES string of the molecule is COC(=O)c1ccc(-c2c(C3CC3)c3ccccc3c(=O)n2C)cc1. The second kappa shape index (κ2) is 5.88. The van der Waals surface area contributed by atoms with Crippen LogP contribution in [0.2, 0.25) is 0 Å². The van der Waals surface area contributed by atoms with Crippen molar-refractivity contribution in [2.75, 3.05) is 7.11 Å². The number of pyridine rings is 1. The van der Waals surface area contributed by atoms with Crippen molar-refractivity contribution in [3.63, 3.8) is 0 Å². The van der Waals surface area contributed by atoms with E-state index in [2.05, 4.69) is 0 Å². The highest BCUT2D eigenvalue weighted by Crippen LogP contribution is 2.46. The Morgan fingerprint density at radius 2 is 1.68 bits per heavy atom. The average molecular weight is 333 g/mol. The summed E-state index contributed by atoms with van der Waals surface area (Å²) in [5.74, 6) is 0.133. The molecule has 1 saturated carbocycles. The molecule has 1 fully saturated rings. The number of aromatic nitrogens is 1. The summed E-state index contributed by atoms with van der Waals surface area (Å²) in [4.78, 5) is 24.5. The fourth-order valence-corrected chi connectivity index (χ4v) is 3.51. The highest BCUT2D eigenvalue weighted by molar-refractivity contribution is 5.92. The van der Waals surface area contributed by atoms with E-state index < -0.39 is 0 Å². The largest absolute Gasteiger partial charge is 0.465 e. The van der Waals surface area contributed by atoms with Crippen molar-refractivity contribution in [2.24, 2.45) is 7.05 Å². The third kappa shape index (κ3) is 2.54. The maximum absolute atomic E-state index is 12.8. The molecule has 0 atom stereocenters. The van der Waals surface area contributed by atoms with Gasteiger partial charge in [-0.25, -0.2) is 4.79 Å². The third-order valence-corrected chi connectivity index (χ3v) is 4.91. The van der Waals surface area contributed by atoms with Crippen molar-refractivity contribution in [2.45, 2.75) is 18.8 Å².